The Balaban J connectivity index is 1.14. The van der Waals surface area contributed by atoms with Crippen LogP contribution in [-0.2, 0) is 40.3 Å². The fourth-order valence-electron chi connectivity index (χ4n) is 10.5. The van der Waals surface area contributed by atoms with E-state index in [4.69, 9.17) is 33.2 Å². The van der Waals surface area contributed by atoms with Gasteiger partial charge in [-0.3, -0.25) is 4.90 Å². The molecule has 0 amide bonds. The van der Waals surface area contributed by atoms with Crippen LogP contribution in [0.5, 0.6) is 11.5 Å². The highest BCUT2D eigenvalue weighted by Crippen LogP contribution is 2.78. The average Bonchev–Trinajstić information content (AvgIpc) is 3.80. The van der Waals surface area contributed by atoms with Crippen molar-refractivity contribution in [1.82, 2.24) is 4.90 Å². The van der Waals surface area contributed by atoms with Crippen molar-refractivity contribution in [2.45, 2.75) is 101 Å². The third-order valence-corrected chi connectivity index (χ3v) is 13.5. The fourth-order valence-corrected chi connectivity index (χ4v) is 10.5. The topological polar surface area (TPSA) is 105 Å². The van der Waals surface area contributed by atoms with Crippen LogP contribution in [0.1, 0.15) is 77.3 Å². The van der Waals surface area contributed by atoms with E-state index in [9.17, 15) is 9.90 Å². The summed E-state index contributed by atoms with van der Waals surface area (Å²) in [6.07, 6.45) is 7.10. The number of methoxy groups -OCH3 is 2. The van der Waals surface area contributed by atoms with E-state index in [-0.39, 0.29) is 41.5 Å². The van der Waals surface area contributed by atoms with E-state index < -0.39 is 17.2 Å². The molecule has 1 aromatic rings. The zero-order valence-corrected chi connectivity index (χ0v) is 29.9. The maximum Gasteiger partial charge on any atom is 0.337 e. The number of carbonyl (C=O) groups is 1. The van der Waals surface area contributed by atoms with Crippen LogP contribution in [-0.4, -0.2) is 113 Å². The molecule has 2 spiro atoms. The van der Waals surface area contributed by atoms with E-state index in [0.29, 0.717) is 50.6 Å². The summed E-state index contributed by atoms with van der Waals surface area (Å²) in [6.45, 7) is 13.1. The lowest BCUT2D eigenvalue weighted by Gasteiger charge is -2.75. The van der Waals surface area contributed by atoms with Gasteiger partial charge in [0.2, 0.25) is 0 Å². The second-order valence-electron chi connectivity index (χ2n) is 16.5. The Bertz CT molecular complexity index is 1360. The first kappa shape index (κ1) is 34.6. The number of nitrogens with zero attached hydrogens (tertiary/aromatic N) is 1. The normalized spacial score (nSPS) is 34.4. The van der Waals surface area contributed by atoms with E-state index in [2.05, 4.69) is 31.7 Å². The predicted molar refractivity (Wildman–Crippen MR) is 179 cm³/mol. The second-order valence-corrected chi connectivity index (χ2v) is 16.5. The standard InChI is InChI=1S/C38H57NO9/c1-34(2,3)35(4,41)28-22-36-11-12-38(28,43-6)33-37(36)13-14-39(23-25-7-8-25)29(36)21-26-9-10-27(32(48-33)31(26)37)47-30(40)24-46-20-19-45-18-17-44-16-15-42-5/h9-10,25,28-29,33,41H,7-8,11-24H2,1-6H3/t28-,29-,33-,35+,36-,37+,38+/m1/s1. The van der Waals surface area contributed by atoms with Crippen molar-refractivity contribution < 1.29 is 43.1 Å². The van der Waals surface area contributed by atoms with E-state index in [0.717, 1.165) is 51.1 Å². The SMILES string of the molecule is COCCOCCOCCOCC(=O)Oc1ccc2c3c1O[C@H]1[C@]4(OC)CC[C@@]5(C[C@@H]4[C@](C)(O)C(C)(C)C)[C@@H](C2)N(CC2CC2)CC[C@]315. The summed E-state index contributed by atoms with van der Waals surface area (Å²) in [7, 11) is 3.45. The average molecular weight is 672 g/mol. The quantitative estimate of drug-likeness (QED) is 0.155. The number of aliphatic hydroxyl groups is 1. The molecule has 4 bridgehead atoms. The lowest BCUT2D eigenvalue weighted by Crippen LogP contribution is -2.83. The Morgan fingerprint density at radius 2 is 1.69 bits per heavy atom. The minimum absolute atomic E-state index is 0.0657. The number of piperidine rings is 1. The molecule has 0 aromatic heterocycles. The number of fused-ring (bicyclic) bond motifs is 2. The van der Waals surface area contributed by atoms with Crippen LogP contribution in [0.4, 0.5) is 0 Å². The summed E-state index contributed by atoms with van der Waals surface area (Å²) >= 11 is 0. The van der Waals surface area contributed by atoms with E-state index in [1.807, 2.05) is 20.1 Å². The zero-order valence-electron chi connectivity index (χ0n) is 29.9. The molecule has 0 unspecified atom stereocenters. The number of esters is 1. The van der Waals surface area contributed by atoms with Crippen LogP contribution in [0.3, 0.4) is 0 Å². The van der Waals surface area contributed by atoms with Gasteiger partial charge in [-0.05, 0) is 81.4 Å². The lowest BCUT2D eigenvalue weighted by molar-refractivity contribution is -0.312. The van der Waals surface area contributed by atoms with E-state index in [1.165, 1.54) is 24.0 Å². The van der Waals surface area contributed by atoms with Gasteiger partial charge in [0.25, 0.3) is 0 Å². The van der Waals surface area contributed by atoms with Gasteiger partial charge in [0, 0.05) is 49.1 Å². The van der Waals surface area contributed by atoms with E-state index >= 15 is 0 Å². The number of ether oxygens (including phenoxy) is 7. The van der Waals surface area contributed by atoms with Gasteiger partial charge < -0.3 is 38.3 Å². The molecule has 7 aliphatic rings. The van der Waals surface area contributed by atoms with Gasteiger partial charge in [-0.25, -0.2) is 4.79 Å². The molecule has 1 N–H and O–H groups in total. The van der Waals surface area contributed by atoms with Crippen molar-refractivity contribution in [3.05, 3.63) is 23.3 Å². The molecule has 48 heavy (non-hydrogen) atoms. The van der Waals surface area contributed by atoms with Gasteiger partial charge in [-0.15, -0.1) is 0 Å². The maximum atomic E-state index is 13.1. The molecule has 2 heterocycles. The summed E-state index contributed by atoms with van der Waals surface area (Å²) in [6, 6.07) is 4.46. The van der Waals surface area contributed by atoms with Gasteiger partial charge in [0.05, 0.1) is 45.2 Å². The van der Waals surface area contributed by atoms with Gasteiger partial charge in [0.1, 0.15) is 18.3 Å². The van der Waals surface area contributed by atoms with Gasteiger partial charge in [-0.1, -0.05) is 26.8 Å². The lowest BCUT2D eigenvalue weighted by atomic mass is 9.33. The summed E-state index contributed by atoms with van der Waals surface area (Å²) in [5, 5.41) is 12.5. The highest BCUT2D eigenvalue weighted by molar-refractivity contribution is 5.76. The Morgan fingerprint density at radius 3 is 2.35 bits per heavy atom. The highest BCUT2D eigenvalue weighted by Gasteiger charge is 2.82. The molecule has 10 heteroatoms. The molecule has 268 valence electrons. The molecule has 10 nitrogen and oxygen atoms in total. The Kier molecular flexibility index (Phi) is 9.21. The molecule has 7 atom stereocenters. The first-order valence-corrected chi connectivity index (χ1v) is 18.2. The van der Waals surface area contributed by atoms with Crippen molar-refractivity contribution in [2.75, 3.05) is 73.6 Å². The van der Waals surface area contributed by atoms with Crippen molar-refractivity contribution in [2.24, 2.45) is 22.7 Å². The molecule has 2 aliphatic heterocycles. The van der Waals surface area contributed by atoms with Crippen LogP contribution in [0.25, 0.3) is 0 Å². The molecular formula is C38H57NO9. The largest absolute Gasteiger partial charge is 0.482 e. The maximum absolute atomic E-state index is 13.1. The smallest absolute Gasteiger partial charge is 0.337 e. The molecule has 5 fully saturated rings. The number of hydrogen-bond acceptors (Lipinski definition) is 10. The number of likely N-dealkylation sites (tertiary alicyclic amines) is 1. The van der Waals surface area contributed by atoms with Crippen molar-refractivity contribution in [3.63, 3.8) is 0 Å². The van der Waals surface area contributed by atoms with Crippen LogP contribution < -0.4 is 9.47 Å². The number of carbonyl (C=O) groups excluding carboxylic acids is 1. The number of benzene rings is 1. The number of rotatable bonds is 16. The summed E-state index contributed by atoms with van der Waals surface area (Å²) < 4.78 is 41.4. The third-order valence-electron chi connectivity index (χ3n) is 13.5. The summed E-state index contributed by atoms with van der Waals surface area (Å²) in [5.74, 6) is 1.37. The molecule has 8 rings (SSSR count). The van der Waals surface area contributed by atoms with Crippen LogP contribution in [0.2, 0.25) is 0 Å². The summed E-state index contributed by atoms with van der Waals surface area (Å²) in [5.41, 5.74) is 0.196. The fraction of sp³-hybridized carbons (Fsp3) is 0.816. The van der Waals surface area contributed by atoms with Crippen LogP contribution in [0, 0.1) is 22.7 Å². The Labute approximate surface area is 286 Å². The second kappa shape index (κ2) is 12.8. The first-order valence-electron chi connectivity index (χ1n) is 18.2. The monoisotopic (exact) mass is 671 g/mol. The molecule has 1 aromatic carbocycles. The summed E-state index contributed by atoms with van der Waals surface area (Å²) in [4.78, 5) is 15.9. The van der Waals surface area contributed by atoms with Crippen LogP contribution in [0.15, 0.2) is 12.1 Å². The Hall–Kier alpha value is -1.79. The van der Waals surface area contributed by atoms with Crippen molar-refractivity contribution in [3.8, 4) is 11.5 Å². The van der Waals surface area contributed by atoms with Crippen LogP contribution >= 0.6 is 0 Å². The van der Waals surface area contributed by atoms with Gasteiger partial charge in [0.15, 0.2) is 11.5 Å². The highest BCUT2D eigenvalue weighted by atomic mass is 16.6. The van der Waals surface area contributed by atoms with Crippen molar-refractivity contribution >= 4 is 5.97 Å². The Morgan fingerprint density at radius 1 is 0.979 bits per heavy atom. The molecule has 0 radical (unpaired) electrons. The minimum Gasteiger partial charge on any atom is -0.482 e. The molecular weight excluding hydrogens is 614 g/mol. The van der Waals surface area contributed by atoms with Crippen molar-refractivity contribution in [1.29, 1.82) is 0 Å². The predicted octanol–water partition coefficient (Wildman–Crippen LogP) is 4.31. The third kappa shape index (κ3) is 5.27. The van der Waals surface area contributed by atoms with Gasteiger partial charge in [-0.2, -0.15) is 0 Å². The molecule has 5 aliphatic carbocycles. The molecule has 1 saturated heterocycles. The first-order chi connectivity index (χ1) is 22.9. The number of hydrogen-bond donors (Lipinski definition) is 1. The zero-order chi connectivity index (χ0) is 34.0. The van der Waals surface area contributed by atoms with Gasteiger partial charge >= 0.3 is 5.97 Å². The minimum atomic E-state index is -0.987. The molecule has 4 saturated carbocycles. The van der Waals surface area contributed by atoms with E-state index in [1.54, 1.807) is 7.11 Å².